The van der Waals surface area contributed by atoms with E-state index in [1.165, 1.54) is 5.56 Å². The van der Waals surface area contributed by atoms with Gasteiger partial charge in [-0.1, -0.05) is 12.1 Å². The summed E-state index contributed by atoms with van der Waals surface area (Å²) in [5, 5.41) is 6.57. The summed E-state index contributed by atoms with van der Waals surface area (Å²) in [5.41, 5.74) is 6.65. The lowest BCUT2D eigenvalue weighted by Gasteiger charge is -2.01. The first-order valence-corrected chi connectivity index (χ1v) is 5.07. The largest absolute Gasteiger partial charge is 0.497 e. The van der Waals surface area contributed by atoms with Gasteiger partial charge in [-0.05, 0) is 24.1 Å². The van der Waals surface area contributed by atoms with Crippen molar-refractivity contribution >= 4 is 5.95 Å². The molecule has 0 unspecified atom stereocenters. The summed E-state index contributed by atoms with van der Waals surface area (Å²) in [7, 11) is 1.66. The fraction of sp³-hybridized carbons (Fsp3) is 0.273. The van der Waals surface area contributed by atoms with E-state index in [0.717, 1.165) is 24.4 Å². The highest BCUT2D eigenvalue weighted by Crippen LogP contribution is 2.12. The molecule has 84 valence electrons. The molecular weight excluding hydrogens is 204 g/mol. The van der Waals surface area contributed by atoms with Gasteiger partial charge in [0.05, 0.1) is 7.11 Å². The Kier molecular flexibility index (Phi) is 3.05. The number of nitrogens with zero attached hydrogens (tertiary/aromatic N) is 2. The van der Waals surface area contributed by atoms with Crippen molar-refractivity contribution in [3.63, 3.8) is 0 Å². The van der Waals surface area contributed by atoms with Gasteiger partial charge in [-0.15, -0.1) is 5.10 Å². The van der Waals surface area contributed by atoms with Crippen molar-refractivity contribution in [2.75, 3.05) is 12.8 Å². The van der Waals surface area contributed by atoms with Crippen molar-refractivity contribution in [2.24, 2.45) is 0 Å². The van der Waals surface area contributed by atoms with Crippen LogP contribution in [0.2, 0.25) is 0 Å². The monoisotopic (exact) mass is 218 g/mol. The van der Waals surface area contributed by atoms with Crippen LogP contribution in [-0.2, 0) is 12.8 Å². The molecule has 0 radical (unpaired) electrons. The fourth-order valence-corrected chi connectivity index (χ4v) is 1.48. The summed E-state index contributed by atoms with van der Waals surface area (Å²) in [4.78, 5) is 4.05. The van der Waals surface area contributed by atoms with E-state index >= 15 is 0 Å². The fourth-order valence-electron chi connectivity index (χ4n) is 1.48. The molecule has 0 amide bonds. The van der Waals surface area contributed by atoms with Crippen molar-refractivity contribution in [1.29, 1.82) is 0 Å². The minimum atomic E-state index is 0.296. The summed E-state index contributed by atoms with van der Waals surface area (Å²) in [6.07, 6.45) is 1.70. The lowest BCUT2D eigenvalue weighted by Crippen LogP contribution is -1.94. The molecule has 0 aliphatic heterocycles. The third kappa shape index (κ3) is 2.50. The van der Waals surface area contributed by atoms with Crippen LogP contribution in [0.15, 0.2) is 24.3 Å². The zero-order valence-corrected chi connectivity index (χ0v) is 9.10. The Bertz CT molecular complexity index is 449. The summed E-state index contributed by atoms with van der Waals surface area (Å²) in [6, 6.07) is 7.98. The van der Waals surface area contributed by atoms with Gasteiger partial charge >= 0.3 is 0 Å². The lowest BCUT2D eigenvalue weighted by molar-refractivity contribution is 0.414. The number of benzene rings is 1. The quantitative estimate of drug-likeness (QED) is 0.807. The van der Waals surface area contributed by atoms with E-state index in [2.05, 4.69) is 15.2 Å². The van der Waals surface area contributed by atoms with Crippen LogP contribution in [0.3, 0.4) is 0 Å². The molecule has 0 bridgehead atoms. The summed E-state index contributed by atoms with van der Waals surface area (Å²) in [5.74, 6) is 1.98. The van der Waals surface area contributed by atoms with Gasteiger partial charge in [-0.3, -0.25) is 5.10 Å². The minimum Gasteiger partial charge on any atom is -0.497 e. The SMILES string of the molecule is COc1ccc(CCc2nc(N)n[nH]2)cc1. The molecule has 3 N–H and O–H groups in total. The Hall–Kier alpha value is -2.04. The number of aryl methyl sites for hydroxylation is 2. The molecule has 0 saturated heterocycles. The predicted molar refractivity (Wildman–Crippen MR) is 61.2 cm³/mol. The second kappa shape index (κ2) is 4.65. The first-order valence-electron chi connectivity index (χ1n) is 5.07. The van der Waals surface area contributed by atoms with Gasteiger partial charge in [-0.2, -0.15) is 4.98 Å². The number of aromatic amines is 1. The maximum atomic E-state index is 5.42. The van der Waals surface area contributed by atoms with Gasteiger partial charge < -0.3 is 10.5 Å². The Morgan fingerprint density at radius 3 is 2.56 bits per heavy atom. The highest BCUT2D eigenvalue weighted by Gasteiger charge is 2.00. The molecule has 16 heavy (non-hydrogen) atoms. The number of aromatic nitrogens is 3. The molecule has 0 aliphatic rings. The van der Waals surface area contributed by atoms with Gasteiger partial charge in [0.1, 0.15) is 11.6 Å². The Morgan fingerprint density at radius 1 is 1.25 bits per heavy atom. The molecule has 5 heteroatoms. The molecule has 1 aromatic carbocycles. The standard InChI is InChI=1S/C11H14N4O/c1-16-9-5-2-8(3-6-9)4-7-10-13-11(12)15-14-10/h2-3,5-6H,4,7H2,1H3,(H3,12,13,14,15). The number of nitrogens with two attached hydrogens (primary N) is 1. The number of anilines is 1. The van der Waals surface area contributed by atoms with E-state index in [1.54, 1.807) is 7.11 Å². The molecule has 0 saturated carbocycles. The van der Waals surface area contributed by atoms with Crippen LogP contribution >= 0.6 is 0 Å². The Labute approximate surface area is 93.7 Å². The number of H-pyrrole nitrogens is 1. The lowest BCUT2D eigenvalue weighted by atomic mass is 10.1. The summed E-state index contributed by atoms with van der Waals surface area (Å²) < 4.78 is 5.09. The maximum absolute atomic E-state index is 5.42. The number of ether oxygens (including phenoxy) is 1. The molecule has 2 rings (SSSR count). The van der Waals surface area contributed by atoms with E-state index < -0.39 is 0 Å². The van der Waals surface area contributed by atoms with Crippen molar-refractivity contribution in [1.82, 2.24) is 15.2 Å². The van der Waals surface area contributed by atoms with Crippen LogP contribution in [0.4, 0.5) is 5.95 Å². The summed E-state index contributed by atoms with van der Waals surface area (Å²) >= 11 is 0. The van der Waals surface area contributed by atoms with Gasteiger partial charge in [0, 0.05) is 6.42 Å². The van der Waals surface area contributed by atoms with Crippen LogP contribution in [0.1, 0.15) is 11.4 Å². The van der Waals surface area contributed by atoms with Crippen LogP contribution in [0.5, 0.6) is 5.75 Å². The topological polar surface area (TPSA) is 76.8 Å². The zero-order valence-electron chi connectivity index (χ0n) is 9.10. The highest BCUT2D eigenvalue weighted by molar-refractivity contribution is 5.27. The molecule has 0 atom stereocenters. The molecular formula is C11H14N4O. The number of rotatable bonds is 4. The zero-order chi connectivity index (χ0) is 11.4. The second-order valence-corrected chi connectivity index (χ2v) is 3.49. The van der Waals surface area contributed by atoms with E-state index in [9.17, 15) is 0 Å². The Morgan fingerprint density at radius 2 is 2.00 bits per heavy atom. The van der Waals surface area contributed by atoms with Gasteiger partial charge in [0.2, 0.25) is 5.95 Å². The van der Waals surface area contributed by atoms with Crippen LogP contribution in [-0.4, -0.2) is 22.3 Å². The average molecular weight is 218 g/mol. The normalized spacial score (nSPS) is 10.3. The van der Waals surface area contributed by atoms with Gasteiger partial charge in [0.15, 0.2) is 0 Å². The number of methoxy groups -OCH3 is 1. The van der Waals surface area contributed by atoms with Crippen LogP contribution < -0.4 is 10.5 Å². The highest BCUT2D eigenvalue weighted by atomic mass is 16.5. The van der Waals surface area contributed by atoms with E-state index in [1.807, 2.05) is 24.3 Å². The van der Waals surface area contributed by atoms with Crippen molar-refractivity contribution < 1.29 is 4.74 Å². The van der Waals surface area contributed by atoms with E-state index in [-0.39, 0.29) is 0 Å². The molecule has 5 nitrogen and oxygen atoms in total. The average Bonchev–Trinajstić information content (AvgIpc) is 2.73. The third-order valence-corrected chi connectivity index (χ3v) is 2.36. The molecule has 0 aliphatic carbocycles. The van der Waals surface area contributed by atoms with Crippen molar-refractivity contribution in [3.8, 4) is 5.75 Å². The molecule has 1 heterocycles. The first-order chi connectivity index (χ1) is 7.78. The minimum absolute atomic E-state index is 0.296. The maximum Gasteiger partial charge on any atom is 0.239 e. The third-order valence-electron chi connectivity index (χ3n) is 2.36. The van der Waals surface area contributed by atoms with Crippen LogP contribution in [0, 0.1) is 0 Å². The van der Waals surface area contributed by atoms with Gasteiger partial charge in [0.25, 0.3) is 0 Å². The van der Waals surface area contributed by atoms with E-state index in [4.69, 9.17) is 10.5 Å². The Balaban J connectivity index is 1.94. The molecule has 0 spiro atoms. The first kappa shape index (κ1) is 10.5. The smallest absolute Gasteiger partial charge is 0.239 e. The summed E-state index contributed by atoms with van der Waals surface area (Å²) in [6.45, 7) is 0. The van der Waals surface area contributed by atoms with Crippen molar-refractivity contribution in [3.05, 3.63) is 35.7 Å². The predicted octanol–water partition coefficient (Wildman–Crippen LogP) is 1.18. The van der Waals surface area contributed by atoms with E-state index in [0.29, 0.717) is 5.95 Å². The van der Waals surface area contributed by atoms with Gasteiger partial charge in [-0.25, -0.2) is 0 Å². The number of hydrogen-bond acceptors (Lipinski definition) is 4. The second-order valence-electron chi connectivity index (χ2n) is 3.49. The number of nitrogens with one attached hydrogen (secondary N) is 1. The van der Waals surface area contributed by atoms with Crippen molar-refractivity contribution in [2.45, 2.75) is 12.8 Å². The number of hydrogen-bond donors (Lipinski definition) is 2. The number of nitrogen functional groups attached to an aromatic ring is 1. The van der Waals surface area contributed by atoms with Crippen LogP contribution in [0.25, 0.3) is 0 Å². The molecule has 2 aromatic rings. The molecule has 0 fully saturated rings. The molecule has 1 aromatic heterocycles.